The van der Waals surface area contributed by atoms with Crippen LogP contribution in [0.3, 0.4) is 0 Å². The second kappa shape index (κ2) is 10.1. The van der Waals surface area contributed by atoms with E-state index in [1.54, 1.807) is 12.1 Å². The van der Waals surface area contributed by atoms with Crippen molar-refractivity contribution in [3.8, 4) is 0 Å². The fourth-order valence-electron chi connectivity index (χ4n) is 2.91. The second-order valence-corrected chi connectivity index (χ2v) is 8.47. The Hall–Kier alpha value is -3.02. The van der Waals surface area contributed by atoms with Gasteiger partial charge in [0.2, 0.25) is 5.91 Å². The number of carbonyl (C=O) groups is 2. The molecule has 162 valence electrons. The monoisotopic (exact) mass is 411 g/mol. The maximum absolute atomic E-state index is 12.8. The molecular weight excluding hydrogens is 378 g/mol. The Balaban J connectivity index is 1.94. The van der Waals surface area contributed by atoms with E-state index < -0.39 is 11.7 Å². The normalized spacial score (nSPS) is 11.0. The molecule has 0 aliphatic carbocycles. The van der Waals surface area contributed by atoms with Crippen LogP contribution in [0.15, 0.2) is 48.5 Å². The van der Waals surface area contributed by atoms with E-state index in [9.17, 15) is 9.59 Å². The van der Waals surface area contributed by atoms with Gasteiger partial charge in [-0.1, -0.05) is 24.3 Å². The molecular formula is C24H33N3O3. The minimum Gasteiger partial charge on any atom is -0.444 e. The van der Waals surface area contributed by atoms with Crippen molar-refractivity contribution in [3.05, 3.63) is 59.7 Å². The zero-order valence-corrected chi connectivity index (χ0v) is 18.9. The highest BCUT2D eigenvalue weighted by Gasteiger charge is 2.17. The first-order chi connectivity index (χ1) is 14.1. The van der Waals surface area contributed by atoms with Crippen LogP contribution >= 0.6 is 0 Å². The highest BCUT2D eigenvalue weighted by atomic mass is 16.6. The van der Waals surface area contributed by atoms with Crippen molar-refractivity contribution in [2.24, 2.45) is 0 Å². The standard InChI is InChI=1S/C24H33N3O3/c1-7-27(17-19-10-14-21(15-11-19)26(5)6)22(28)16-18-8-12-20(13-9-18)25-23(29)30-24(2,3)4/h8-15H,7,16-17H2,1-6H3,(H,25,29). The van der Waals surface area contributed by atoms with Gasteiger partial charge in [0, 0.05) is 38.6 Å². The number of amides is 2. The molecule has 0 aromatic heterocycles. The number of nitrogens with one attached hydrogen (secondary N) is 1. The number of benzene rings is 2. The topological polar surface area (TPSA) is 61.9 Å². The largest absolute Gasteiger partial charge is 0.444 e. The zero-order chi connectivity index (χ0) is 22.3. The van der Waals surface area contributed by atoms with E-state index in [2.05, 4.69) is 29.6 Å². The summed E-state index contributed by atoms with van der Waals surface area (Å²) in [6.45, 7) is 8.67. The molecule has 2 aromatic carbocycles. The maximum Gasteiger partial charge on any atom is 0.412 e. The number of nitrogens with zero attached hydrogens (tertiary/aromatic N) is 2. The third-order valence-electron chi connectivity index (χ3n) is 4.52. The molecule has 0 fully saturated rings. The van der Waals surface area contributed by atoms with Gasteiger partial charge in [-0.2, -0.15) is 0 Å². The van der Waals surface area contributed by atoms with Crippen LogP contribution in [0.2, 0.25) is 0 Å². The molecule has 6 heteroatoms. The van der Waals surface area contributed by atoms with E-state index in [1.807, 2.05) is 63.7 Å². The van der Waals surface area contributed by atoms with Gasteiger partial charge in [0.1, 0.15) is 5.60 Å². The van der Waals surface area contributed by atoms with Crippen LogP contribution in [0, 0.1) is 0 Å². The van der Waals surface area contributed by atoms with Crippen molar-refractivity contribution >= 4 is 23.4 Å². The Morgan fingerprint density at radius 2 is 1.50 bits per heavy atom. The van der Waals surface area contributed by atoms with Crippen LogP contribution in [-0.2, 0) is 22.5 Å². The molecule has 0 saturated heterocycles. The molecule has 2 amide bonds. The summed E-state index contributed by atoms with van der Waals surface area (Å²) in [6, 6.07) is 15.5. The van der Waals surface area contributed by atoms with Crippen molar-refractivity contribution in [1.82, 2.24) is 4.90 Å². The van der Waals surface area contributed by atoms with Gasteiger partial charge in [-0.05, 0) is 63.1 Å². The molecule has 0 radical (unpaired) electrons. The number of carbonyl (C=O) groups excluding carboxylic acids is 2. The lowest BCUT2D eigenvalue weighted by molar-refractivity contribution is -0.130. The highest BCUT2D eigenvalue weighted by Crippen LogP contribution is 2.16. The average molecular weight is 412 g/mol. The molecule has 0 unspecified atom stereocenters. The molecule has 0 aliphatic heterocycles. The predicted molar refractivity (Wildman–Crippen MR) is 122 cm³/mol. The SMILES string of the molecule is CCN(Cc1ccc(N(C)C)cc1)C(=O)Cc1ccc(NC(=O)OC(C)(C)C)cc1. The minimum absolute atomic E-state index is 0.0713. The Morgan fingerprint density at radius 3 is 2.00 bits per heavy atom. The quantitative estimate of drug-likeness (QED) is 0.718. The maximum atomic E-state index is 12.8. The molecule has 0 aliphatic rings. The van der Waals surface area contributed by atoms with E-state index in [1.165, 1.54) is 0 Å². The van der Waals surface area contributed by atoms with Gasteiger partial charge in [0.05, 0.1) is 6.42 Å². The summed E-state index contributed by atoms with van der Waals surface area (Å²) < 4.78 is 5.25. The van der Waals surface area contributed by atoms with Gasteiger partial charge in [0.15, 0.2) is 0 Å². The molecule has 0 spiro atoms. The van der Waals surface area contributed by atoms with Gasteiger partial charge in [-0.25, -0.2) is 4.79 Å². The fraction of sp³-hybridized carbons (Fsp3) is 0.417. The number of ether oxygens (including phenoxy) is 1. The van der Waals surface area contributed by atoms with Crippen molar-refractivity contribution in [1.29, 1.82) is 0 Å². The van der Waals surface area contributed by atoms with Crippen molar-refractivity contribution in [2.75, 3.05) is 30.9 Å². The first-order valence-corrected chi connectivity index (χ1v) is 10.2. The smallest absolute Gasteiger partial charge is 0.412 e. The van der Waals surface area contributed by atoms with Crippen LogP contribution in [0.25, 0.3) is 0 Å². The van der Waals surface area contributed by atoms with Gasteiger partial charge in [0.25, 0.3) is 0 Å². The van der Waals surface area contributed by atoms with Crippen LogP contribution in [0.1, 0.15) is 38.8 Å². The molecule has 0 heterocycles. The van der Waals surface area contributed by atoms with Crippen LogP contribution in [-0.4, -0.2) is 43.1 Å². The Bertz CT molecular complexity index is 837. The molecule has 1 N–H and O–H groups in total. The summed E-state index contributed by atoms with van der Waals surface area (Å²) in [4.78, 5) is 28.5. The number of rotatable bonds is 7. The average Bonchev–Trinajstić information content (AvgIpc) is 2.66. The van der Waals surface area contributed by atoms with E-state index in [0.29, 0.717) is 25.2 Å². The molecule has 0 atom stereocenters. The highest BCUT2D eigenvalue weighted by molar-refractivity contribution is 5.85. The summed E-state index contributed by atoms with van der Waals surface area (Å²) in [5.41, 5.74) is 3.22. The van der Waals surface area contributed by atoms with Gasteiger partial charge < -0.3 is 14.5 Å². The third-order valence-corrected chi connectivity index (χ3v) is 4.52. The van der Waals surface area contributed by atoms with Gasteiger partial charge >= 0.3 is 6.09 Å². The summed E-state index contributed by atoms with van der Waals surface area (Å²) in [5.74, 6) is 0.0713. The van der Waals surface area contributed by atoms with E-state index in [-0.39, 0.29) is 5.91 Å². The number of hydrogen-bond donors (Lipinski definition) is 1. The molecule has 6 nitrogen and oxygen atoms in total. The van der Waals surface area contributed by atoms with Gasteiger partial charge in [-0.15, -0.1) is 0 Å². The first kappa shape index (κ1) is 23.3. The molecule has 30 heavy (non-hydrogen) atoms. The molecule has 0 bridgehead atoms. The van der Waals surface area contributed by atoms with Crippen LogP contribution in [0.4, 0.5) is 16.2 Å². The predicted octanol–water partition coefficient (Wildman–Crippen LogP) is 4.69. The van der Waals surface area contributed by atoms with E-state index in [0.717, 1.165) is 16.8 Å². The molecule has 0 saturated carbocycles. The lowest BCUT2D eigenvalue weighted by atomic mass is 10.1. The van der Waals surface area contributed by atoms with Crippen LogP contribution < -0.4 is 10.2 Å². The summed E-state index contributed by atoms with van der Waals surface area (Å²) in [7, 11) is 4.01. The zero-order valence-electron chi connectivity index (χ0n) is 18.9. The first-order valence-electron chi connectivity index (χ1n) is 10.2. The fourth-order valence-corrected chi connectivity index (χ4v) is 2.91. The third kappa shape index (κ3) is 7.43. The Morgan fingerprint density at radius 1 is 0.933 bits per heavy atom. The van der Waals surface area contributed by atoms with E-state index in [4.69, 9.17) is 4.74 Å². The Kier molecular flexibility index (Phi) is 7.86. The van der Waals surface area contributed by atoms with Crippen molar-refractivity contribution in [3.63, 3.8) is 0 Å². The summed E-state index contributed by atoms with van der Waals surface area (Å²) in [6.07, 6.45) is -0.181. The lowest BCUT2D eigenvalue weighted by Gasteiger charge is -2.22. The Labute approximate surface area is 179 Å². The van der Waals surface area contributed by atoms with Gasteiger partial charge in [-0.3, -0.25) is 10.1 Å². The summed E-state index contributed by atoms with van der Waals surface area (Å²) >= 11 is 0. The van der Waals surface area contributed by atoms with Crippen molar-refractivity contribution in [2.45, 2.75) is 46.3 Å². The molecule has 2 aromatic rings. The van der Waals surface area contributed by atoms with E-state index >= 15 is 0 Å². The molecule has 2 rings (SSSR count). The lowest BCUT2D eigenvalue weighted by Crippen LogP contribution is -2.31. The van der Waals surface area contributed by atoms with Crippen molar-refractivity contribution < 1.29 is 14.3 Å². The number of anilines is 2. The minimum atomic E-state index is -0.549. The van der Waals surface area contributed by atoms with Crippen LogP contribution in [0.5, 0.6) is 0 Å². The second-order valence-electron chi connectivity index (χ2n) is 8.47. The number of hydrogen-bond acceptors (Lipinski definition) is 4. The number of likely N-dealkylation sites (N-methyl/N-ethyl adjacent to an activating group) is 1. The summed E-state index contributed by atoms with van der Waals surface area (Å²) in [5, 5.41) is 2.70.